The van der Waals surface area contributed by atoms with E-state index >= 15 is 0 Å². The quantitative estimate of drug-likeness (QED) is 0.806. The fourth-order valence-electron chi connectivity index (χ4n) is 3.56. The molecule has 22 heavy (non-hydrogen) atoms. The zero-order chi connectivity index (χ0) is 15.5. The van der Waals surface area contributed by atoms with Gasteiger partial charge in [-0.05, 0) is 43.6 Å². The molecule has 2 heterocycles. The maximum atomic E-state index is 12.2. The van der Waals surface area contributed by atoms with E-state index in [2.05, 4.69) is 17.1 Å². The lowest BCUT2D eigenvalue weighted by Crippen LogP contribution is -2.40. The third kappa shape index (κ3) is 3.19. The Bertz CT molecular complexity index is 559. The van der Waals surface area contributed by atoms with Crippen LogP contribution in [-0.2, 0) is 17.6 Å². The van der Waals surface area contributed by atoms with Crippen molar-refractivity contribution in [2.75, 3.05) is 32.0 Å². The van der Waals surface area contributed by atoms with E-state index in [1.165, 1.54) is 12.8 Å². The highest BCUT2D eigenvalue weighted by molar-refractivity contribution is 5.80. The van der Waals surface area contributed by atoms with Gasteiger partial charge in [0.1, 0.15) is 5.75 Å². The van der Waals surface area contributed by atoms with Crippen LogP contribution in [0.1, 0.15) is 30.9 Å². The van der Waals surface area contributed by atoms with Crippen LogP contribution < -0.4 is 15.8 Å². The molecule has 1 aromatic rings. The highest BCUT2D eigenvalue weighted by atomic mass is 16.5. The predicted molar refractivity (Wildman–Crippen MR) is 87.0 cm³/mol. The molecule has 120 valence electrons. The van der Waals surface area contributed by atoms with Crippen LogP contribution in [0.4, 0.5) is 5.69 Å². The Morgan fingerprint density at radius 1 is 1.50 bits per heavy atom. The van der Waals surface area contributed by atoms with E-state index in [0.717, 1.165) is 42.9 Å². The number of nitrogens with one attached hydrogen (secondary N) is 1. The number of fused-ring (bicyclic) bond motifs is 1. The number of ether oxygens (including phenoxy) is 1. The second-order valence-corrected chi connectivity index (χ2v) is 6.17. The Labute approximate surface area is 131 Å². The lowest BCUT2D eigenvalue weighted by Gasteiger charge is -2.23. The summed E-state index contributed by atoms with van der Waals surface area (Å²) in [6, 6.07) is 4.29. The molecule has 2 aliphatic heterocycles. The predicted octanol–water partition coefficient (Wildman–Crippen LogP) is 1.35. The number of anilines is 1. The van der Waals surface area contributed by atoms with E-state index in [4.69, 9.17) is 10.5 Å². The van der Waals surface area contributed by atoms with Gasteiger partial charge in [-0.25, -0.2) is 0 Å². The number of carbonyl (C=O) groups excluding carboxylic acids is 1. The Hall–Kier alpha value is -1.75. The van der Waals surface area contributed by atoms with Crippen molar-refractivity contribution in [2.24, 2.45) is 0 Å². The molecular formula is C17H25N3O2. The maximum absolute atomic E-state index is 12.2. The van der Waals surface area contributed by atoms with E-state index in [9.17, 15) is 4.79 Å². The zero-order valence-electron chi connectivity index (χ0n) is 13.2. The summed E-state index contributed by atoms with van der Waals surface area (Å²) in [4.78, 5) is 14.7. The average molecular weight is 303 g/mol. The van der Waals surface area contributed by atoms with Gasteiger partial charge in [0.2, 0.25) is 5.91 Å². The summed E-state index contributed by atoms with van der Waals surface area (Å²) >= 11 is 0. The summed E-state index contributed by atoms with van der Waals surface area (Å²) in [6.45, 7) is 5.79. The Morgan fingerprint density at radius 2 is 2.36 bits per heavy atom. The molecule has 0 spiro atoms. The van der Waals surface area contributed by atoms with E-state index < -0.39 is 0 Å². The topological polar surface area (TPSA) is 67.6 Å². The third-order valence-electron chi connectivity index (χ3n) is 4.67. The molecule has 3 rings (SSSR count). The number of carbonyl (C=O) groups is 1. The summed E-state index contributed by atoms with van der Waals surface area (Å²) in [5, 5.41) is 3.07. The van der Waals surface area contributed by atoms with E-state index in [1.807, 2.05) is 12.1 Å². The van der Waals surface area contributed by atoms with Crippen LogP contribution in [0.15, 0.2) is 12.1 Å². The van der Waals surface area contributed by atoms with E-state index in [1.54, 1.807) is 0 Å². The van der Waals surface area contributed by atoms with E-state index in [-0.39, 0.29) is 5.91 Å². The van der Waals surface area contributed by atoms with E-state index in [0.29, 0.717) is 24.8 Å². The number of nitrogens with zero attached hydrogens (tertiary/aromatic N) is 1. The largest absolute Gasteiger partial charge is 0.493 e. The van der Waals surface area contributed by atoms with Gasteiger partial charge in [0.25, 0.3) is 0 Å². The van der Waals surface area contributed by atoms with Crippen molar-refractivity contribution < 1.29 is 9.53 Å². The number of hydrogen-bond donors (Lipinski definition) is 2. The first-order valence-corrected chi connectivity index (χ1v) is 8.22. The minimum atomic E-state index is 0.0475. The van der Waals surface area contributed by atoms with Crippen molar-refractivity contribution in [3.63, 3.8) is 0 Å². The van der Waals surface area contributed by atoms with Gasteiger partial charge in [-0.2, -0.15) is 0 Å². The molecule has 1 fully saturated rings. The van der Waals surface area contributed by atoms with Gasteiger partial charge < -0.3 is 15.8 Å². The van der Waals surface area contributed by atoms with Gasteiger partial charge in [0, 0.05) is 30.3 Å². The molecule has 1 unspecified atom stereocenters. The second-order valence-electron chi connectivity index (χ2n) is 6.17. The summed E-state index contributed by atoms with van der Waals surface area (Å²) in [6.07, 6.45) is 3.62. The fourth-order valence-corrected chi connectivity index (χ4v) is 3.56. The number of rotatable bonds is 5. The molecular weight excluding hydrogens is 278 g/mol. The van der Waals surface area contributed by atoms with Gasteiger partial charge in [0.15, 0.2) is 0 Å². The number of likely N-dealkylation sites (tertiary alicyclic amines) is 1. The molecule has 0 aromatic heterocycles. The lowest BCUT2D eigenvalue weighted by atomic mass is 10.0. The number of nitrogens with two attached hydrogens (primary N) is 1. The molecule has 1 amide bonds. The molecule has 5 nitrogen and oxygen atoms in total. The maximum Gasteiger partial charge on any atom is 0.224 e. The number of likely N-dealkylation sites (N-methyl/N-ethyl adjacent to an activating group) is 1. The van der Waals surface area contributed by atoms with Crippen LogP contribution >= 0.6 is 0 Å². The average Bonchev–Trinajstić information content (AvgIpc) is 3.13. The van der Waals surface area contributed by atoms with Crippen molar-refractivity contribution in [3.8, 4) is 5.75 Å². The van der Waals surface area contributed by atoms with Crippen LogP contribution in [0.3, 0.4) is 0 Å². The summed E-state index contributed by atoms with van der Waals surface area (Å²) in [5.74, 6) is 0.909. The van der Waals surface area contributed by atoms with Crippen LogP contribution in [-0.4, -0.2) is 43.1 Å². The monoisotopic (exact) mass is 303 g/mol. The second kappa shape index (κ2) is 6.57. The summed E-state index contributed by atoms with van der Waals surface area (Å²) in [5.41, 5.74) is 8.66. The van der Waals surface area contributed by atoms with Crippen LogP contribution in [0.5, 0.6) is 5.75 Å². The zero-order valence-corrected chi connectivity index (χ0v) is 13.2. The Balaban J connectivity index is 1.58. The highest BCUT2D eigenvalue weighted by Gasteiger charge is 2.24. The first-order valence-electron chi connectivity index (χ1n) is 8.22. The number of benzene rings is 1. The van der Waals surface area contributed by atoms with Gasteiger partial charge in [-0.3, -0.25) is 9.69 Å². The number of amides is 1. The van der Waals surface area contributed by atoms with Gasteiger partial charge in [-0.1, -0.05) is 6.92 Å². The molecule has 0 aliphatic carbocycles. The van der Waals surface area contributed by atoms with Gasteiger partial charge >= 0.3 is 0 Å². The molecule has 0 saturated carbocycles. The van der Waals surface area contributed by atoms with Gasteiger partial charge in [-0.15, -0.1) is 0 Å². The third-order valence-corrected chi connectivity index (χ3v) is 4.67. The molecule has 1 aromatic carbocycles. The number of hydrogen-bond acceptors (Lipinski definition) is 4. The smallest absolute Gasteiger partial charge is 0.224 e. The number of nitrogen functional groups attached to an aromatic ring is 1. The summed E-state index contributed by atoms with van der Waals surface area (Å²) in [7, 11) is 0. The Morgan fingerprint density at radius 3 is 3.18 bits per heavy atom. The van der Waals surface area contributed by atoms with Crippen molar-refractivity contribution in [2.45, 2.75) is 38.6 Å². The van der Waals surface area contributed by atoms with Crippen LogP contribution in [0, 0.1) is 0 Å². The van der Waals surface area contributed by atoms with Crippen molar-refractivity contribution in [1.82, 2.24) is 10.2 Å². The SMILES string of the molecule is CCN1CCCC1CNC(=O)Cc1cc(N)cc2c1OCC2. The van der Waals surface area contributed by atoms with Crippen molar-refractivity contribution in [3.05, 3.63) is 23.3 Å². The molecule has 3 N–H and O–H groups in total. The minimum absolute atomic E-state index is 0.0475. The minimum Gasteiger partial charge on any atom is -0.493 e. The highest BCUT2D eigenvalue weighted by Crippen LogP contribution is 2.32. The van der Waals surface area contributed by atoms with Crippen LogP contribution in [0.2, 0.25) is 0 Å². The Kier molecular flexibility index (Phi) is 4.52. The summed E-state index contributed by atoms with van der Waals surface area (Å²) < 4.78 is 5.65. The molecule has 1 saturated heterocycles. The fraction of sp³-hybridized carbons (Fsp3) is 0.588. The molecule has 0 bridgehead atoms. The lowest BCUT2D eigenvalue weighted by molar-refractivity contribution is -0.120. The molecule has 2 aliphatic rings. The van der Waals surface area contributed by atoms with Crippen LogP contribution in [0.25, 0.3) is 0 Å². The first kappa shape index (κ1) is 15.2. The van der Waals surface area contributed by atoms with Gasteiger partial charge in [0.05, 0.1) is 13.0 Å². The molecule has 5 heteroatoms. The first-order chi connectivity index (χ1) is 10.7. The van der Waals surface area contributed by atoms with Crippen molar-refractivity contribution >= 4 is 11.6 Å². The molecule has 1 atom stereocenters. The standard InChI is InChI=1S/C17H25N3O2/c1-2-20-6-3-4-15(20)11-19-16(21)10-13-9-14(18)8-12-5-7-22-17(12)13/h8-9,15H,2-7,10-11,18H2,1H3,(H,19,21). The molecule has 0 radical (unpaired) electrons. The van der Waals surface area contributed by atoms with Crippen molar-refractivity contribution in [1.29, 1.82) is 0 Å². The normalized spacial score (nSPS) is 20.7.